The molecule has 0 spiro atoms. The van der Waals surface area contributed by atoms with Crippen LogP contribution in [-0.4, -0.2) is 24.7 Å². The van der Waals surface area contributed by atoms with Crippen molar-refractivity contribution < 1.29 is 19.0 Å². The van der Waals surface area contributed by atoms with Gasteiger partial charge in [0.05, 0.1) is 34.5 Å². The summed E-state index contributed by atoms with van der Waals surface area (Å²) in [5.41, 5.74) is 2.39. The Labute approximate surface area is 229 Å². The molecule has 0 aromatic heterocycles. The van der Waals surface area contributed by atoms with Gasteiger partial charge in [-0.25, -0.2) is 4.90 Å². The fraction of sp³-hybridized carbons (Fsp3) is 0.154. The van der Waals surface area contributed by atoms with Crippen LogP contribution in [0.3, 0.4) is 0 Å². The number of benzene rings is 3. The van der Waals surface area contributed by atoms with E-state index in [0.29, 0.717) is 50.3 Å². The number of nitrogens with zero attached hydrogens (tertiary/aromatic N) is 1. The number of methoxy groups -OCH3 is 1. The van der Waals surface area contributed by atoms with Gasteiger partial charge in [0.25, 0.3) is 5.91 Å². The molecule has 1 amide bonds. The number of rotatable bonds is 8. The Morgan fingerprint density at radius 1 is 0.944 bits per heavy atom. The second-order valence-electron chi connectivity index (χ2n) is 7.59. The van der Waals surface area contributed by atoms with E-state index in [1.807, 2.05) is 31.2 Å². The van der Waals surface area contributed by atoms with Crippen LogP contribution in [0.5, 0.6) is 17.2 Å². The lowest BCUT2D eigenvalue weighted by molar-refractivity contribution is -0.113. The molecular weight excluding hydrogens is 543 g/mol. The Hall–Kier alpha value is -2.97. The highest BCUT2D eigenvalue weighted by molar-refractivity contribution is 7.80. The maximum atomic E-state index is 13.3. The third kappa shape index (κ3) is 5.55. The predicted octanol–water partition coefficient (Wildman–Crippen LogP) is 6.90. The summed E-state index contributed by atoms with van der Waals surface area (Å²) in [5.74, 6) is 1.28. The average Bonchev–Trinajstić information content (AvgIpc) is 3.13. The van der Waals surface area contributed by atoms with Crippen molar-refractivity contribution in [3.63, 3.8) is 0 Å². The van der Waals surface area contributed by atoms with Gasteiger partial charge in [0.2, 0.25) is 0 Å². The minimum Gasteiger partial charge on any atom is -0.496 e. The Morgan fingerprint density at radius 2 is 1.69 bits per heavy atom. The van der Waals surface area contributed by atoms with E-state index in [1.54, 1.807) is 37.5 Å². The van der Waals surface area contributed by atoms with E-state index in [-0.39, 0.29) is 17.6 Å². The zero-order chi connectivity index (χ0) is 25.8. The summed E-state index contributed by atoms with van der Waals surface area (Å²) in [4.78, 5) is 14.7. The standard InChI is InChI=1S/C26H21Cl3N2O4S/c1-3-34-23-7-5-4-6-21(23)31-25(32)20(30-26(31)36)11-15-8-9-22(33-2)16(10-15)14-35-24-13-18(28)17(27)12-19(24)29/h4-13H,3,14H2,1-2H3,(H,30,36)/b20-11+. The molecule has 0 radical (unpaired) electrons. The van der Waals surface area contributed by atoms with Crippen molar-refractivity contribution in [2.24, 2.45) is 0 Å². The Kier molecular flexibility index (Phi) is 8.26. The molecule has 1 N–H and O–H groups in total. The maximum Gasteiger partial charge on any atom is 0.281 e. The lowest BCUT2D eigenvalue weighted by Crippen LogP contribution is -2.30. The summed E-state index contributed by atoms with van der Waals surface area (Å²) in [5, 5.41) is 4.28. The van der Waals surface area contributed by atoms with Crippen LogP contribution >= 0.6 is 47.0 Å². The molecule has 1 aliphatic heterocycles. The molecule has 1 aliphatic rings. The number of nitrogens with one attached hydrogen (secondary N) is 1. The third-order valence-electron chi connectivity index (χ3n) is 5.26. The minimum atomic E-state index is -0.289. The summed E-state index contributed by atoms with van der Waals surface area (Å²) < 4.78 is 17.0. The molecule has 0 atom stereocenters. The highest BCUT2D eigenvalue weighted by Gasteiger charge is 2.33. The molecule has 36 heavy (non-hydrogen) atoms. The highest BCUT2D eigenvalue weighted by atomic mass is 35.5. The van der Waals surface area contributed by atoms with Crippen LogP contribution in [0.2, 0.25) is 15.1 Å². The van der Waals surface area contributed by atoms with Gasteiger partial charge in [0.1, 0.15) is 29.6 Å². The van der Waals surface area contributed by atoms with Crippen molar-refractivity contribution in [1.82, 2.24) is 5.32 Å². The Morgan fingerprint density at radius 3 is 2.44 bits per heavy atom. The van der Waals surface area contributed by atoms with E-state index in [0.717, 1.165) is 11.1 Å². The number of carbonyl (C=O) groups is 1. The molecular formula is C26H21Cl3N2O4S. The number of anilines is 1. The van der Waals surface area contributed by atoms with E-state index in [1.165, 1.54) is 11.0 Å². The third-order valence-corrected chi connectivity index (χ3v) is 6.56. The summed E-state index contributed by atoms with van der Waals surface area (Å²) >= 11 is 23.8. The summed E-state index contributed by atoms with van der Waals surface area (Å²) in [6, 6.07) is 15.8. The van der Waals surface area contributed by atoms with Gasteiger partial charge >= 0.3 is 0 Å². The zero-order valence-electron chi connectivity index (χ0n) is 19.3. The van der Waals surface area contributed by atoms with Crippen LogP contribution < -0.4 is 24.4 Å². The SMILES string of the molecule is CCOc1ccccc1N1C(=O)/C(=C\c2ccc(OC)c(COc3cc(Cl)c(Cl)cc3Cl)c2)NC1=S. The van der Waals surface area contributed by atoms with Gasteiger partial charge in [0, 0.05) is 11.6 Å². The van der Waals surface area contributed by atoms with E-state index < -0.39 is 0 Å². The number of hydrogen-bond acceptors (Lipinski definition) is 5. The molecule has 0 bridgehead atoms. The molecule has 6 nitrogen and oxygen atoms in total. The van der Waals surface area contributed by atoms with E-state index in [9.17, 15) is 4.79 Å². The Balaban J connectivity index is 1.59. The number of halogens is 3. The normalized spacial score (nSPS) is 14.2. The lowest BCUT2D eigenvalue weighted by Gasteiger charge is -2.18. The summed E-state index contributed by atoms with van der Waals surface area (Å²) in [6.45, 7) is 2.49. The summed E-state index contributed by atoms with van der Waals surface area (Å²) in [6.07, 6.45) is 1.72. The highest BCUT2D eigenvalue weighted by Crippen LogP contribution is 2.35. The van der Waals surface area contributed by atoms with Crippen LogP contribution in [-0.2, 0) is 11.4 Å². The average molecular weight is 564 g/mol. The van der Waals surface area contributed by atoms with E-state index >= 15 is 0 Å². The van der Waals surface area contributed by atoms with Gasteiger partial charge in [-0.2, -0.15) is 0 Å². The van der Waals surface area contributed by atoms with Crippen molar-refractivity contribution in [2.45, 2.75) is 13.5 Å². The van der Waals surface area contributed by atoms with Crippen LogP contribution in [0, 0.1) is 0 Å². The van der Waals surface area contributed by atoms with Gasteiger partial charge in [-0.1, -0.05) is 53.0 Å². The number of para-hydroxylation sites is 2. The second-order valence-corrected chi connectivity index (χ2v) is 9.19. The van der Waals surface area contributed by atoms with Gasteiger partial charge in [-0.05, 0) is 61.1 Å². The van der Waals surface area contributed by atoms with Gasteiger partial charge in [0.15, 0.2) is 5.11 Å². The molecule has 4 rings (SSSR count). The molecule has 1 fully saturated rings. The smallest absolute Gasteiger partial charge is 0.281 e. The predicted molar refractivity (Wildman–Crippen MR) is 148 cm³/mol. The maximum absolute atomic E-state index is 13.3. The minimum absolute atomic E-state index is 0.144. The van der Waals surface area contributed by atoms with Crippen LogP contribution in [0.15, 0.2) is 60.3 Å². The molecule has 0 saturated carbocycles. The monoisotopic (exact) mass is 562 g/mol. The van der Waals surface area contributed by atoms with Gasteiger partial charge in [-0.3, -0.25) is 4.79 Å². The fourth-order valence-electron chi connectivity index (χ4n) is 3.61. The quantitative estimate of drug-likeness (QED) is 0.183. The van der Waals surface area contributed by atoms with Crippen molar-refractivity contribution in [2.75, 3.05) is 18.6 Å². The number of ether oxygens (including phenoxy) is 3. The first-order chi connectivity index (χ1) is 17.3. The Bertz CT molecular complexity index is 1360. The van der Waals surface area contributed by atoms with Crippen molar-refractivity contribution >= 4 is 69.8 Å². The number of amides is 1. The zero-order valence-corrected chi connectivity index (χ0v) is 22.4. The van der Waals surface area contributed by atoms with Crippen molar-refractivity contribution in [1.29, 1.82) is 0 Å². The first kappa shape index (κ1) is 26.1. The lowest BCUT2D eigenvalue weighted by atomic mass is 10.1. The molecule has 3 aromatic carbocycles. The van der Waals surface area contributed by atoms with Crippen LogP contribution in [0.25, 0.3) is 6.08 Å². The molecule has 186 valence electrons. The van der Waals surface area contributed by atoms with Crippen molar-refractivity contribution in [3.8, 4) is 17.2 Å². The van der Waals surface area contributed by atoms with Gasteiger partial charge < -0.3 is 19.5 Å². The molecule has 1 saturated heterocycles. The largest absolute Gasteiger partial charge is 0.496 e. The molecule has 1 heterocycles. The number of carbonyl (C=O) groups excluding carboxylic acids is 1. The van der Waals surface area contributed by atoms with E-state index in [4.69, 9.17) is 61.2 Å². The first-order valence-corrected chi connectivity index (χ1v) is 12.4. The molecule has 3 aromatic rings. The fourth-order valence-corrected chi connectivity index (χ4v) is 4.49. The van der Waals surface area contributed by atoms with Crippen molar-refractivity contribution in [3.05, 3.63) is 86.5 Å². The number of thiocarbonyl (C=S) groups is 1. The molecule has 0 aliphatic carbocycles. The topological polar surface area (TPSA) is 60.0 Å². The van der Waals surface area contributed by atoms with E-state index in [2.05, 4.69) is 5.32 Å². The van der Waals surface area contributed by atoms with Crippen LogP contribution in [0.4, 0.5) is 5.69 Å². The summed E-state index contributed by atoms with van der Waals surface area (Å²) in [7, 11) is 1.57. The van der Waals surface area contributed by atoms with Crippen LogP contribution in [0.1, 0.15) is 18.1 Å². The first-order valence-electron chi connectivity index (χ1n) is 10.9. The molecule has 10 heteroatoms. The second kappa shape index (κ2) is 11.4. The number of hydrogen-bond donors (Lipinski definition) is 1. The van der Waals surface area contributed by atoms with Gasteiger partial charge in [-0.15, -0.1) is 0 Å². The molecule has 0 unspecified atom stereocenters.